The molecule has 144 valence electrons. The fourth-order valence-electron chi connectivity index (χ4n) is 2.70. The monoisotopic (exact) mass is 365 g/mol. The smallest absolute Gasteiger partial charge is 0.412 e. The van der Waals surface area contributed by atoms with Crippen LogP contribution in [0, 0.1) is 0 Å². The topological polar surface area (TPSA) is 90.0 Å². The molecular formula is C18H27N3O5. The summed E-state index contributed by atoms with van der Waals surface area (Å²) in [6.07, 6.45) is 1.38. The number of anilines is 2. The SMILES string of the molecule is COC(=O)c1cc(NC(=O)OC(C)(C)C)cc(N2CCC(OC)CC2)n1. The number of rotatable bonds is 4. The Bertz CT molecular complexity index is 649. The summed E-state index contributed by atoms with van der Waals surface area (Å²) in [5, 5.41) is 2.66. The van der Waals surface area contributed by atoms with Crippen LogP contribution < -0.4 is 10.2 Å². The van der Waals surface area contributed by atoms with E-state index in [9.17, 15) is 9.59 Å². The number of nitrogens with zero attached hydrogens (tertiary/aromatic N) is 2. The molecule has 2 heterocycles. The molecule has 0 aliphatic carbocycles. The first-order chi connectivity index (χ1) is 12.2. The zero-order valence-electron chi connectivity index (χ0n) is 16.0. The van der Waals surface area contributed by atoms with Crippen LogP contribution in [0.15, 0.2) is 12.1 Å². The van der Waals surface area contributed by atoms with Crippen molar-refractivity contribution in [2.75, 3.05) is 37.5 Å². The van der Waals surface area contributed by atoms with Gasteiger partial charge in [0.15, 0.2) is 5.69 Å². The van der Waals surface area contributed by atoms with Crippen LogP contribution in [0.5, 0.6) is 0 Å². The second kappa shape index (κ2) is 8.35. The largest absolute Gasteiger partial charge is 0.464 e. The summed E-state index contributed by atoms with van der Waals surface area (Å²) >= 11 is 0. The van der Waals surface area contributed by atoms with Crippen molar-refractivity contribution in [2.45, 2.75) is 45.3 Å². The average molecular weight is 365 g/mol. The van der Waals surface area contributed by atoms with Gasteiger partial charge in [-0.1, -0.05) is 0 Å². The standard InChI is InChI=1S/C18H27N3O5/c1-18(2,3)26-17(23)19-12-10-14(16(22)25-5)20-15(11-12)21-8-6-13(24-4)7-9-21/h10-11,13H,6-9H2,1-5H3,(H,19,20,23). The molecule has 8 heteroatoms. The van der Waals surface area contributed by atoms with Gasteiger partial charge < -0.3 is 19.1 Å². The molecule has 1 N–H and O–H groups in total. The summed E-state index contributed by atoms with van der Waals surface area (Å²) in [5.41, 5.74) is -0.0592. The number of nitrogens with one attached hydrogen (secondary N) is 1. The second-order valence-electron chi connectivity index (χ2n) is 7.14. The van der Waals surface area contributed by atoms with Crippen LogP contribution in [0.3, 0.4) is 0 Å². The molecule has 1 fully saturated rings. The van der Waals surface area contributed by atoms with Crippen LogP contribution >= 0.6 is 0 Å². The Morgan fingerprint density at radius 1 is 1.19 bits per heavy atom. The Hall–Kier alpha value is -2.35. The van der Waals surface area contributed by atoms with Gasteiger partial charge in [-0.25, -0.2) is 14.6 Å². The number of piperidine rings is 1. The van der Waals surface area contributed by atoms with Crippen molar-refractivity contribution in [3.8, 4) is 0 Å². The zero-order chi connectivity index (χ0) is 19.3. The molecule has 1 aromatic rings. The average Bonchev–Trinajstić information content (AvgIpc) is 2.59. The Labute approximate surface area is 153 Å². The Kier molecular flexibility index (Phi) is 6.42. The molecule has 8 nitrogen and oxygen atoms in total. The fourth-order valence-corrected chi connectivity index (χ4v) is 2.70. The molecule has 26 heavy (non-hydrogen) atoms. The lowest BCUT2D eigenvalue weighted by molar-refractivity contribution is 0.0590. The first-order valence-electron chi connectivity index (χ1n) is 8.60. The van der Waals surface area contributed by atoms with Gasteiger partial charge in [-0.15, -0.1) is 0 Å². The molecule has 1 aliphatic heterocycles. The summed E-state index contributed by atoms with van der Waals surface area (Å²) < 4.78 is 15.4. The number of aromatic nitrogens is 1. The zero-order valence-corrected chi connectivity index (χ0v) is 16.0. The third-order valence-corrected chi connectivity index (χ3v) is 3.95. The van der Waals surface area contributed by atoms with E-state index in [1.54, 1.807) is 33.9 Å². The van der Waals surface area contributed by atoms with Crippen molar-refractivity contribution in [3.05, 3.63) is 17.8 Å². The van der Waals surface area contributed by atoms with Crippen molar-refractivity contribution < 1.29 is 23.8 Å². The minimum Gasteiger partial charge on any atom is -0.464 e. The van der Waals surface area contributed by atoms with Gasteiger partial charge in [-0.2, -0.15) is 0 Å². The fraction of sp³-hybridized carbons (Fsp3) is 0.611. The van der Waals surface area contributed by atoms with Crippen molar-refractivity contribution in [3.63, 3.8) is 0 Å². The van der Waals surface area contributed by atoms with E-state index in [0.29, 0.717) is 11.5 Å². The number of methoxy groups -OCH3 is 2. The predicted molar refractivity (Wildman–Crippen MR) is 97.7 cm³/mol. The highest BCUT2D eigenvalue weighted by atomic mass is 16.6. The minimum atomic E-state index is -0.618. The number of pyridine rings is 1. The normalized spacial score (nSPS) is 15.5. The van der Waals surface area contributed by atoms with E-state index in [0.717, 1.165) is 25.9 Å². The molecule has 0 bridgehead atoms. The van der Waals surface area contributed by atoms with Crippen LogP contribution in [0.4, 0.5) is 16.3 Å². The number of esters is 1. The summed E-state index contributed by atoms with van der Waals surface area (Å²) in [4.78, 5) is 30.4. The molecule has 0 unspecified atom stereocenters. The summed E-state index contributed by atoms with van der Waals surface area (Å²) in [5.74, 6) is 0.0411. The second-order valence-corrected chi connectivity index (χ2v) is 7.14. The van der Waals surface area contributed by atoms with Gasteiger partial charge in [-0.3, -0.25) is 5.32 Å². The molecule has 2 rings (SSSR count). The van der Waals surface area contributed by atoms with Crippen LogP contribution in [-0.2, 0) is 14.2 Å². The lowest BCUT2D eigenvalue weighted by Crippen LogP contribution is -2.37. The van der Waals surface area contributed by atoms with Crippen LogP contribution in [-0.4, -0.2) is 56.1 Å². The van der Waals surface area contributed by atoms with Gasteiger partial charge in [0.2, 0.25) is 0 Å². The number of carbonyl (C=O) groups excluding carboxylic acids is 2. The molecule has 0 radical (unpaired) electrons. The Balaban J connectivity index is 2.22. The molecule has 1 aromatic heterocycles. The van der Waals surface area contributed by atoms with Crippen LogP contribution in [0.2, 0.25) is 0 Å². The highest BCUT2D eigenvalue weighted by Gasteiger charge is 2.23. The number of hydrogen-bond donors (Lipinski definition) is 1. The molecule has 0 atom stereocenters. The van der Waals surface area contributed by atoms with Gasteiger partial charge >= 0.3 is 12.1 Å². The lowest BCUT2D eigenvalue weighted by atomic mass is 10.1. The number of carbonyl (C=O) groups is 2. The van der Waals surface area contributed by atoms with E-state index in [4.69, 9.17) is 14.2 Å². The Morgan fingerprint density at radius 3 is 2.38 bits per heavy atom. The van der Waals surface area contributed by atoms with E-state index in [-0.39, 0.29) is 11.8 Å². The minimum absolute atomic E-state index is 0.130. The first-order valence-corrected chi connectivity index (χ1v) is 8.60. The summed E-state index contributed by atoms with van der Waals surface area (Å²) in [6.45, 7) is 6.85. The number of amides is 1. The van der Waals surface area contributed by atoms with Crippen molar-refractivity contribution in [2.24, 2.45) is 0 Å². The molecule has 0 saturated carbocycles. The highest BCUT2D eigenvalue weighted by molar-refractivity contribution is 5.92. The van der Waals surface area contributed by atoms with E-state index >= 15 is 0 Å². The van der Waals surface area contributed by atoms with Crippen LogP contribution in [0.1, 0.15) is 44.1 Å². The van der Waals surface area contributed by atoms with Crippen molar-refractivity contribution in [1.82, 2.24) is 4.98 Å². The molecular weight excluding hydrogens is 338 g/mol. The summed E-state index contributed by atoms with van der Waals surface area (Å²) in [7, 11) is 3.00. The van der Waals surface area contributed by atoms with E-state index < -0.39 is 17.7 Å². The van der Waals surface area contributed by atoms with Crippen molar-refractivity contribution >= 4 is 23.6 Å². The molecule has 1 amide bonds. The van der Waals surface area contributed by atoms with E-state index in [1.165, 1.54) is 13.2 Å². The van der Waals surface area contributed by atoms with E-state index in [1.807, 2.05) is 0 Å². The van der Waals surface area contributed by atoms with Gasteiger partial charge in [-0.05, 0) is 39.7 Å². The van der Waals surface area contributed by atoms with Gasteiger partial charge in [0, 0.05) is 26.3 Å². The molecule has 1 aliphatic rings. The number of ether oxygens (including phenoxy) is 3. The van der Waals surface area contributed by atoms with Gasteiger partial charge in [0.1, 0.15) is 11.4 Å². The summed E-state index contributed by atoms with van der Waals surface area (Å²) in [6, 6.07) is 3.20. The predicted octanol–water partition coefficient (Wildman–Crippen LogP) is 2.83. The van der Waals surface area contributed by atoms with Gasteiger partial charge in [0.05, 0.1) is 18.9 Å². The van der Waals surface area contributed by atoms with E-state index in [2.05, 4.69) is 15.2 Å². The highest BCUT2D eigenvalue weighted by Crippen LogP contribution is 2.24. The molecule has 0 aromatic carbocycles. The first kappa shape index (κ1) is 20.0. The quantitative estimate of drug-likeness (QED) is 0.821. The van der Waals surface area contributed by atoms with Crippen molar-refractivity contribution in [1.29, 1.82) is 0 Å². The number of hydrogen-bond acceptors (Lipinski definition) is 7. The molecule has 0 spiro atoms. The molecule has 1 saturated heterocycles. The maximum absolute atomic E-state index is 12.0. The Morgan fingerprint density at radius 2 is 1.85 bits per heavy atom. The maximum Gasteiger partial charge on any atom is 0.412 e. The third-order valence-electron chi connectivity index (χ3n) is 3.95. The lowest BCUT2D eigenvalue weighted by Gasteiger charge is -2.32. The van der Waals surface area contributed by atoms with Crippen LogP contribution in [0.25, 0.3) is 0 Å². The third kappa shape index (κ3) is 5.59. The van der Waals surface area contributed by atoms with Gasteiger partial charge in [0.25, 0.3) is 0 Å². The maximum atomic E-state index is 12.0.